The maximum atomic E-state index is 9.37. The van der Waals surface area contributed by atoms with Crippen molar-refractivity contribution in [1.82, 2.24) is 5.48 Å². The molecular formula is C9H19NO3. The smallest absolute Gasteiger partial charge is 0.177 e. The molecular weight excluding hydrogens is 170 g/mol. The van der Waals surface area contributed by atoms with Crippen molar-refractivity contribution in [3.63, 3.8) is 0 Å². The summed E-state index contributed by atoms with van der Waals surface area (Å²) in [4.78, 5) is 5.18. The van der Waals surface area contributed by atoms with Crippen molar-refractivity contribution in [2.75, 3.05) is 6.61 Å². The molecule has 78 valence electrons. The van der Waals surface area contributed by atoms with Crippen molar-refractivity contribution in [3.05, 3.63) is 0 Å². The average molecular weight is 189 g/mol. The predicted molar refractivity (Wildman–Crippen MR) is 48.7 cm³/mol. The third-order valence-electron chi connectivity index (χ3n) is 2.09. The first-order valence-electron chi connectivity index (χ1n) is 4.91. The second-order valence-corrected chi connectivity index (χ2v) is 3.72. The number of aliphatic hydroxyl groups is 1. The number of rotatable bonds is 4. The summed E-state index contributed by atoms with van der Waals surface area (Å²) in [5.74, 6) is 0.142. The molecule has 0 aromatic carbocycles. The predicted octanol–water partition coefficient (Wildman–Crippen LogP) is 1.01. The summed E-state index contributed by atoms with van der Waals surface area (Å²) < 4.78 is 5.31. The Morgan fingerprint density at radius 3 is 2.77 bits per heavy atom. The first-order chi connectivity index (χ1) is 6.20. The van der Waals surface area contributed by atoms with Crippen LogP contribution in [0.3, 0.4) is 0 Å². The fraction of sp³-hybridized carbons (Fsp3) is 1.00. The van der Waals surface area contributed by atoms with Crippen molar-refractivity contribution in [3.8, 4) is 0 Å². The summed E-state index contributed by atoms with van der Waals surface area (Å²) in [7, 11) is 0. The topological polar surface area (TPSA) is 50.7 Å². The summed E-state index contributed by atoms with van der Waals surface area (Å²) in [6, 6.07) is 0. The number of ether oxygens (including phenoxy) is 1. The van der Waals surface area contributed by atoms with E-state index in [-0.39, 0.29) is 12.2 Å². The Morgan fingerprint density at radius 2 is 2.23 bits per heavy atom. The van der Waals surface area contributed by atoms with E-state index in [0.29, 0.717) is 0 Å². The zero-order valence-corrected chi connectivity index (χ0v) is 8.32. The van der Waals surface area contributed by atoms with Gasteiger partial charge in [-0.05, 0) is 18.8 Å². The van der Waals surface area contributed by atoms with E-state index in [2.05, 4.69) is 5.48 Å². The van der Waals surface area contributed by atoms with E-state index >= 15 is 0 Å². The second kappa shape index (κ2) is 5.54. The minimum atomic E-state index is -0.620. The Morgan fingerprint density at radius 1 is 1.46 bits per heavy atom. The number of hydroxylamine groups is 1. The lowest BCUT2D eigenvalue weighted by molar-refractivity contribution is -0.224. The Balaban J connectivity index is 2.10. The van der Waals surface area contributed by atoms with Crippen LogP contribution in [0, 0.1) is 5.92 Å². The van der Waals surface area contributed by atoms with Crippen LogP contribution in [-0.4, -0.2) is 24.2 Å². The largest absolute Gasteiger partial charge is 0.376 e. The lowest BCUT2D eigenvalue weighted by Crippen LogP contribution is -2.38. The van der Waals surface area contributed by atoms with Crippen LogP contribution in [-0.2, 0) is 9.57 Å². The first-order valence-corrected chi connectivity index (χ1v) is 4.91. The third-order valence-corrected chi connectivity index (χ3v) is 2.09. The van der Waals surface area contributed by atoms with Crippen LogP contribution in [0.25, 0.3) is 0 Å². The summed E-state index contributed by atoms with van der Waals surface area (Å²) in [5.41, 5.74) is 2.58. The maximum Gasteiger partial charge on any atom is 0.177 e. The monoisotopic (exact) mass is 189 g/mol. The van der Waals surface area contributed by atoms with Crippen LogP contribution in [0.15, 0.2) is 0 Å². The average Bonchev–Trinajstić information content (AvgIpc) is 2.15. The minimum Gasteiger partial charge on any atom is -0.376 e. The fourth-order valence-electron chi connectivity index (χ4n) is 1.09. The molecule has 0 saturated carbocycles. The molecule has 0 bridgehead atoms. The normalized spacial score (nSPS) is 26.3. The van der Waals surface area contributed by atoms with Crippen LogP contribution in [0.1, 0.15) is 33.1 Å². The molecule has 0 aromatic rings. The van der Waals surface area contributed by atoms with Gasteiger partial charge in [0.05, 0.1) is 0 Å². The number of hydrogen-bond donors (Lipinski definition) is 2. The molecule has 0 aromatic heterocycles. The molecule has 2 N–H and O–H groups in total. The SMILES string of the molecule is CC(C)C(O)NOC1CCCCO1. The van der Waals surface area contributed by atoms with Crippen LogP contribution < -0.4 is 5.48 Å². The van der Waals surface area contributed by atoms with Gasteiger partial charge in [0.15, 0.2) is 6.29 Å². The van der Waals surface area contributed by atoms with Crippen molar-refractivity contribution in [2.45, 2.75) is 45.6 Å². The van der Waals surface area contributed by atoms with Crippen molar-refractivity contribution in [1.29, 1.82) is 0 Å². The Labute approximate surface area is 79.2 Å². The molecule has 0 amide bonds. The van der Waals surface area contributed by atoms with Crippen molar-refractivity contribution >= 4 is 0 Å². The van der Waals surface area contributed by atoms with E-state index in [4.69, 9.17) is 9.57 Å². The highest BCUT2D eigenvalue weighted by molar-refractivity contribution is 4.55. The Kier molecular flexibility index (Phi) is 4.66. The molecule has 2 unspecified atom stereocenters. The number of hydrogen-bond acceptors (Lipinski definition) is 4. The lowest BCUT2D eigenvalue weighted by atomic mass is 10.2. The molecule has 0 spiro atoms. The van der Waals surface area contributed by atoms with Gasteiger partial charge in [0.2, 0.25) is 0 Å². The quantitative estimate of drug-likeness (QED) is 0.512. The van der Waals surface area contributed by atoms with Crippen LogP contribution in [0.4, 0.5) is 0 Å². The van der Waals surface area contributed by atoms with Crippen LogP contribution in [0.2, 0.25) is 0 Å². The minimum absolute atomic E-state index is 0.142. The van der Waals surface area contributed by atoms with Crippen molar-refractivity contribution < 1.29 is 14.7 Å². The lowest BCUT2D eigenvalue weighted by Gasteiger charge is -2.25. The molecule has 1 heterocycles. The fourth-order valence-corrected chi connectivity index (χ4v) is 1.09. The van der Waals surface area contributed by atoms with E-state index < -0.39 is 6.23 Å². The molecule has 1 saturated heterocycles. The first kappa shape index (κ1) is 10.9. The van der Waals surface area contributed by atoms with E-state index in [9.17, 15) is 5.11 Å². The number of nitrogens with one attached hydrogen (secondary N) is 1. The summed E-state index contributed by atoms with van der Waals surface area (Å²) in [5, 5.41) is 9.37. The Hall–Kier alpha value is -0.160. The Bertz CT molecular complexity index is 135. The van der Waals surface area contributed by atoms with Gasteiger partial charge in [0, 0.05) is 13.0 Å². The number of aliphatic hydroxyl groups excluding tert-OH is 1. The molecule has 0 radical (unpaired) electrons. The van der Waals surface area contributed by atoms with Gasteiger partial charge < -0.3 is 9.84 Å². The van der Waals surface area contributed by atoms with Crippen LogP contribution >= 0.6 is 0 Å². The zero-order valence-electron chi connectivity index (χ0n) is 8.32. The third kappa shape index (κ3) is 4.04. The van der Waals surface area contributed by atoms with Gasteiger partial charge in [0.1, 0.15) is 6.23 Å². The summed E-state index contributed by atoms with van der Waals surface area (Å²) in [6.45, 7) is 4.59. The van der Waals surface area contributed by atoms with Crippen molar-refractivity contribution in [2.24, 2.45) is 5.92 Å². The van der Waals surface area contributed by atoms with E-state index in [0.717, 1.165) is 25.9 Å². The standard InChI is InChI=1S/C9H19NO3/c1-7(2)9(11)10-13-8-5-3-4-6-12-8/h7-11H,3-6H2,1-2H3. The summed E-state index contributed by atoms with van der Waals surface area (Å²) >= 11 is 0. The molecule has 2 atom stereocenters. The van der Waals surface area contributed by atoms with E-state index in [1.54, 1.807) is 0 Å². The molecule has 4 heteroatoms. The summed E-state index contributed by atoms with van der Waals surface area (Å²) in [6.07, 6.45) is 2.32. The molecule has 0 aliphatic carbocycles. The molecule has 1 aliphatic rings. The van der Waals surface area contributed by atoms with Gasteiger partial charge >= 0.3 is 0 Å². The van der Waals surface area contributed by atoms with Gasteiger partial charge in [-0.15, -0.1) is 0 Å². The molecule has 13 heavy (non-hydrogen) atoms. The highest BCUT2D eigenvalue weighted by Crippen LogP contribution is 2.12. The van der Waals surface area contributed by atoms with E-state index in [1.165, 1.54) is 0 Å². The maximum absolute atomic E-state index is 9.37. The molecule has 1 rings (SSSR count). The van der Waals surface area contributed by atoms with Gasteiger partial charge in [0.25, 0.3) is 0 Å². The second-order valence-electron chi connectivity index (χ2n) is 3.72. The van der Waals surface area contributed by atoms with E-state index in [1.807, 2.05) is 13.8 Å². The molecule has 1 aliphatic heterocycles. The van der Waals surface area contributed by atoms with Gasteiger partial charge in [-0.1, -0.05) is 13.8 Å². The van der Waals surface area contributed by atoms with Gasteiger partial charge in [-0.25, -0.2) is 0 Å². The molecule has 4 nitrogen and oxygen atoms in total. The zero-order chi connectivity index (χ0) is 9.68. The van der Waals surface area contributed by atoms with Gasteiger partial charge in [-0.2, -0.15) is 5.48 Å². The van der Waals surface area contributed by atoms with Crippen LogP contribution in [0.5, 0.6) is 0 Å². The van der Waals surface area contributed by atoms with Gasteiger partial charge in [-0.3, -0.25) is 4.84 Å². The highest BCUT2D eigenvalue weighted by Gasteiger charge is 2.16. The molecule has 1 fully saturated rings. The highest BCUT2D eigenvalue weighted by atomic mass is 16.8.